The summed E-state index contributed by atoms with van der Waals surface area (Å²) >= 11 is 1.31. The van der Waals surface area contributed by atoms with Crippen molar-refractivity contribution in [1.29, 1.82) is 0 Å². The highest BCUT2D eigenvalue weighted by molar-refractivity contribution is 7.21. The maximum absolute atomic E-state index is 13.1. The maximum Gasteiger partial charge on any atom is 0.294 e. The van der Waals surface area contributed by atoms with Crippen LogP contribution in [0.1, 0.15) is 44.0 Å². The number of anilines is 1. The molecule has 0 bridgehead atoms. The Morgan fingerprint density at radius 2 is 2.03 bits per heavy atom. The number of ketones is 1. The summed E-state index contributed by atoms with van der Waals surface area (Å²) < 4.78 is 6.74. The topological polar surface area (TPSA) is 107 Å². The molecule has 33 heavy (non-hydrogen) atoms. The Morgan fingerprint density at radius 1 is 1.24 bits per heavy atom. The van der Waals surface area contributed by atoms with E-state index < -0.39 is 0 Å². The predicted molar refractivity (Wildman–Crippen MR) is 126 cm³/mol. The van der Waals surface area contributed by atoms with E-state index in [4.69, 9.17) is 4.52 Å². The highest BCUT2D eigenvalue weighted by atomic mass is 32.1. The van der Waals surface area contributed by atoms with Crippen molar-refractivity contribution in [2.24, 2.45) is 0 Å². The van der Waals surface area contributed by atoms with Crippen molar-refractivity contribution in [2.75, 3.05) is 11.4 Å². The Bertz CT molecular complexity index is 1380. The summed E-state index contributed by atoms with van der Waals surface area (Å²) in [5.74, 6) is 1.35. The number of rotatable bonds is 7. The maximum atomic E-state index is 13.1. The van der Waals surface area contributed by atoms with Gasteiger partial charge in [0.05, 0.1) is 6.04 Å². The van der Waals surface area contributed by atoms with E-state index in [1.54, 1.807) is 6.92 Å². The molecule has 1 fully saturated rings. The minimum atomic E-state index is -0.253. The second-order valence-corrected chi connectivity index (χ2v) is 9.22. The first-order valence-electron chi connectivity index (χ1n) is 11.0. The molecule has 0 spiro atoms. The lowest BCUT2D eigenvalue weighted by molar-refractivity contribution is -0.121. The number of carbonyl (C=O) groups excluding carboxylic acids is 1. The van der Waals surface area contributed by atoms with Crippen molar-refractivity contribution >= 4 is 32.6 Å². The van der Waals surface area contributed by atoms with Gasteiger partial charge in [-0.05, 0) is 31.7 Å². The van der Waals surface area contributed by atoms with Gasteiger partial charge in [0.25, 0.3) is 11.4 Å². The molecular formula is C23H24N6O3S. The van der Waals surface area contributed by atoms with Gasteiger partial charge in [0, 0.05) is 19.5 Å². The summed E-state index contributed by atoms with van der Waals surface area (Å²) in [5.41, 5.74) is 1.20. The SMILES string of the molecule is CCn1c(-c2nc(C)no2)nc2sc(N3CC[C@@H]3C(=O)C[C@H](C)c3ccccc3)nc2c1=O. The zero-order chi connectivity index (χ0) is 23.1. The van der Waals surface area contributed by atoms with E-state index in [1.165, 1.54) is 15.9 Å². The minimum Gasteiger partial charge on any atom is -0.338 e. The number of carbonyl (C=O) groups is 1. The summed E-state index contributed by atoms with van der Waals surface area (Å²) in [4.78, 5) is 42.1. The van der Waals surface area contributed by atoms with Crippen LogP contribution >= 0.6 is 11.3 Å². The Hall–Kier alpha value is -3.40. The molecule has 3 aromatic heterocycles. The number of aryl methyl sites for hydroxylation is 1. The zero-order valence-corrected chi connectivity index (χ0v) is 19.5. The Balaban J connectivity index is 1.42. The standard InChI is InChI=1S/C23H24N6O3S/c1-4-28-19(20-24-14(3)27-32-20)26-21-18(22(28)31)25-23(33-21)29-11-10-16(29)17(30)12-13(2)15-8-6-5-7-9-15/h5-9,13,16H,4,10-12H2,1-3H3/t13-,16+/m0/s1. The summed E-state index contributed by atoms with van der Waals surface area (Å²) in [6.45, 7) is 6.77. The lowest BCUT2D eigenvalue weighted by Crippen LogP contribution is -2.52. The van der Waals surface area contributed by atoms with E-state index in [0.29, 0.717) is 40.1 Å². The van der Waals surface area contributed by atoms with Gasteiger partial charge < -0.3 is 9.42 Å². The van der Waals surface area contributed by atoms with Gasteiger partial charge in [0.15, 0.2) is 27.1 Å². The lowest BCUT2D eigenvalue weighted by atomic mass is 9.89. The van der Waals surface area contributed by atoms with Gasteiger partial charge in [0.1, 0.15) is 0 Å². The van der Waals surface area contributed by atoms with E-state index >= 15 is 0 Å². The van der Waals surface area contributed by atoms with Gasteiger partial charge in [-0.1, -0.05) is 53.7 Å². The quantitative estimate of drug-likeness (QED) is 0.409. The van der Waals surface area contributed by atoms with Crippen LogP contribution in [0, 0.1) is 6.92 Å². The van der Waals surface area contributed by atoms with Crippen molar-refractivity contribution in [3.63, 3.8) is 0 Å². The molecule has 1 aromatic carbocycles. The number of Topliss-reactive ketones (excluding diaryl/α,β-unsaturated/α-hetero) is 1. The van der Waals surface area contributed by atoms with Crippen molar-refractivity contribution in [2.45, 2.75) is 52.1 Å². The van der Waals surface area contributed by atoms with E-state index in [1.807, 2.05) is 30.0 Å². The first kappa shape index (κ1) is 21.4. The fraction of sp³-hybridized carbons (Fsp3) is 0.391. The normalized spacial score (nSPS) is 16.7. The molecule has 10 heteroatoms. The molecule has 1 saturated heterocycles. The molecule has 0 saturated carbocycles. The third kappa shape index (κ3) is 3.84. The zero-order valence-electron chi connectivity index (χ0n) is 18.7. The molecule has 4 aromatic rings. The smallest absolute Gasteiger partial charge is 0.294 e. The van der Waals surface area contributed by atoms with E-state index in [9.17, 15) is 9.59 Å². The van der Waals surface area contributed by atoms with Crippen LogP contribution in [-0.4, -0.2) is 43.0 Å². The van der Waals surface area contributed by atoms with Crippen LogP contribution in [0.5, 0.6) is 0 Å². The van der Waals surface area contributed by atoms with Crippen molar-refractivity contribution in [3.05, 3.63) is 52.1 Å². The molecule has 5 rings (SSSR count). The molecule has 0 N–H and O–H groups in total. The predicted octanol–water partition coefficient (Wildman–Crippen LogP) is 3.57. The molecule has 4 heterocycles. The highest BCUT2D eigenvalue weighted by Gasteiger charge is 2.37. The Kier molecular flexibility index (Phi) is 5.53. The highest BCUT2D eigenvalue weighted by Crippen LogP contribution is 2.35. The monoisotopic (exact) mass is 464 g/mol. The lowest BCUT2D eigenvalue weighted by Gasteiger charge is -2.40. The molecule has 0 unspecified atom stereocenters. The van der Waals surface area contributed by atoms with Gasteiger partial charge in [-0.15, -0.1) is 0 Å². The average molecular weight is 465 g/mol. The summed E-state index contributed by atoms with van der Waals surface area (Å²) in [6.07, 6.45) is 1.26. The second-order valence-electron chi connectivity index (χ2n) is 8.26. The van der Waals surface area contributed by atoms with Crippen LogP contribution in [0.3, 0.4) is 0 Å². The number of nitrogens with zero attached hydrogens (tertiary/aromatic N) is 6. The molecule has 9 nitrogen and oxygen atoms in total. The number of thiazole rings is 1. The summed E-state index contributed by atoms with van der Waals surface area (Å²) in [6, 6.07) is 9.85. The van der Waals surface area contributed by atoms with E-state index in [2.05, 4.69) is 39.2 Å². The molecule has 0 radical (unpaired) electrons. The van der Waals surface area contributed by atoms with Crippen molar-refractivity contribution in [1.82, 2.24) is 24.7 Å². The molecule has 170 valence electrons. The summed E-state index contributed by atoms with van der Waals surface area (Å²) in [5, 5.41) is 4.46. The molecule has 0 amide bonds. The molecule has 1 aliphatic heterocycles. The summed E-state index contributed by atoms with van der Waals surface area (Å²) in [7, 11) is 0. The largest absolute Gasteiger partial charge is 0.338 e. The van der Waals surface area contributed by atoms with Crippen LogP contribution in [0.25, 0.3) is 22.1 Å². The van der Waals surface area contributed by atoms with Crippen LogP contribution < -0.4 is 10.5 Å². The van der Waals surface area contributed by atoms with Gasteiger partial charge >= 0.3 is 0 Å². The number of aromatic nitrogens is 5. The van der Waals surface area contributed by atoms with Crippen molar-refractivity contribution < 1.29 is 9.32 Å². The Labute approximate surface area is 194 Å². The molecular weight excluding hydrogens is 440 g/mol. The minimum absolute atomic E-state index is 0.148. The number of fused-ring (bicyclic) bond motifs is 1. The second kappa shape index (κ2) is 8.51. The first-order chi connectivity index (χ1) is 16.0. The first-order valence-corrected chi connectivity index (χ1v) is 11.8. The third-order valence-corrected chi connectivity index (χ3v) is 7.04. The number of benzene rings is 1. The average Bonchev–Trinajstić information content (AvgIpc) is 3.39. The molecule has 0 aliphatic carbocycles. The number of hydrogen-bond acceptors (Lipinski definition) is 9. The fourth-order valence-electron chi connectivity index (χ4n) is 4.15. The third-order valence-electron chi connectivity index (χ3n) is 6.06. The fourth-order valence-corrected chi connectivity index (χ4v) is 5.16. The number of hydrogen-bond donors (Lipinski definition) is 0. The van der Waals surface area contributed by atoms with E-state index in [-0.39, 0.29) is 29.2 Å². The van der Waals surface area contributed by atoms with Crippen LogP contribution in [0.15, 0.2) is 39.6 Å². The van der Waals surface area contributed by atoms with Crippen LogP contribution in [0.2, 0.25) is 0 Å². The molecule has 2 atom stereocenters. The van der Waals surface area contributed by atoms with Crippen LogP contribution in [-0.2, 0) is 11.3 Å². The molecule has 1 aliphatic rings. The van der Waals surface area contributed by atoms with Gasteiger partial charge in [-0.25, -0.2) is 9.97 Å². The van der Waals surface area contributed by atoms with Gasteiger partial charge in [-0.2, -0.15) is 4.98 Å². The Morgan fingerprint density at radius 3 is 2.67 bits per heavy atom. The van der Waals surface area contributed by atoms with Gasteiger partial charge in [0.2, 0.25) is 5.82 Å². The van der Waals surface area contributed by atoms with Crippen molar-refractivity contribution in [3.8, 4) is 11.7 Å². The van der Waals surface area contributed by atoms with Gasteiger partial charge in [-0.3, -0.25) is 14.2 Å². The van der Waals surface area contributed by atoms with E-state index in [0.717, 1.165) is 18.5 Å². The van der Waals surface area contributed by atoms with Crippen LogP contribution in [0.4, 0.5) is 5.13 Å².